The summed E-state index contributed by atoms with van der Waals surface area (Å²) in [4.78, 5) is 24.0. The smallest absolute Gasteiger partial charge is 0.412 e. The van der Waals surface area contributed by atoms with Gasteiger partial charge in [0.1, 0.15) is 11.3 Å². The number of para-hydroxylation sites is 1. The Morgan fingerprint density at radius 2 is 1.96 bits per heavy atom. The number of aromatic hydroxyl groups is 1. The van der Waals surface area contributed by atoms with Gasteiger partial charge in [0.15, 0.2) is 11.5 Å². The quantitative estimate of drug-likeness (QED) is 0.435. The predicted molar refractivity (Wildman–Crippen MR) is 97.9 cm³/mol. The first-order valence-corrected chi connectivity index (χ1v) is 8.42. The Kier molecular flexibility index (Phi) is 7.96. The molecule has 0 heterocycles. The Hall–Kier alpha value is -2.70. The molecule has 1 amide bonds. The van der Waals surface area contributed by atoms with Gasteiger partial charge in [0, 0.05) is 5.56 Å². The van der Waals surface area contributed by atoms with Crippen LogP contribution in [0, 0.1) is 0 Å². The Labute approximate surface area is 153 Å². The number of rotatable bonds is 7. The lowest BCUT2D eigenvalue weighted by Crippen LogP contribution is -2.34. The van der Waals surface area contributed by atoms with Gasteiger partial charge in [0.05, 0.1) is 13.7 Å². The third-order valence-electron chi connectivity index (χ3n) is 3.11. The van der Waals surface area contributed by atoms with E-state index in [-0.39, 0.29) is 17.2 Å². The minimum absolute atomic E-state index is 0.0589. The van der Waals surface area contributed by atoms with Gasteiger partial charge >= 0.3 is 12.1 Å². The standard InChI is InChI=1S/C19H27NO6/c1-6-7-11-25-16-13(9-8-10-15(16)21)12-14(17(22)24-5)20-18(23)26-19(2,3)4/h8-10,12,21H,6-7,11H2,1-5H3,(H,20,23)/b14-12-. The van der Waals surface area contributed by atoms with E-state index >= 15 is 0 Å². The van der Waals surface area contributed by atoms with Gasteiger partial charge in [-0.05, 0) is 39.3 Å². The highest BCUT2D eigenvalue weighted by Gasteiger charge is 2.21. The van der Waals surface area contributed by atoms with Crippen LogP contribution >= 0.6 is 0 Å². The van der Waals surface area contributed by atoms with Crippen LogP contribution in [0.1, 0.15) is 46.1 Å². The third-order valence-corrected chi connectivity index (χ3v) is 3.11. The van der Waals surface area contributed by atoms with Crippen molar-refractivity contribution < 1.29 is 28.9 Å². The lowest BCUT2D eigenvalue weighted by molar-refractivity contribution is -0.136. The average molecular weight is 365 g/mol. The predicted octanol–water partition coefficient (Wildman–Crippen LogP) is 3.61. The molecule has 0 aliphatic carbocycles. The summed E-state index contributed by atoms with van der Waals surface area (Å²) in [6.07, 6.45) is 2.34. The van der Waals surface area contributed by atoms with Gasteiger partial charge in [0.25, 0.3) is 0 Å². The van der Waals surface area contributed by atoms with Gasteiger partial charge in [-0.2, -0.15) is 0 Å². The second-order valence-electron chi connectivity index (χ2n) is 6.57. The molecule has 2 N–H and O–H groups in total. The molecular weight excluding hydrogens is 338 g/mol. The highest BCUT2D eigenvalue weighted by atomic mass is 16.6. The Bertz CT molecular complexity index is 660. The van der Waals surface area contributed by atoms with E-state index in [1.54, 1.807) is 32.9 Å². The van der Waals surface area contributed by atoms with Crippen molar-refractivity contribution in [2.45, 2.75) is 46.1 Å². The molecule has 0 aromatic heterocycles. The lowest BCUT2D eigenvalue weighted by Gasteiger charge is -2.20. The highest BCUT2D eigenvalue weighted by Crippen LogP contribution is 2.31. The number of nitrogens with one attached hydrogen (secondary N) is 1. The zero-order valence-corrected chi connectivity index (χ0v) is 15.9. The number of hydrogen-bond acceptors (Lipinski definition) is 6. The Balaban J connectivity index is 3.14. The molecule has 0 aliphatic heterocycles. The zero-order chi connectivity index (χ0) is 19.7. The minimum Gasteiger partial charge on any atom is -0.504 e. The van der Waals surface area contributed by atoms with Gasteiger partial charge in [-0.15, -0.1) is 0 Å². The van der Waals surface area contributed by atoms with E-state index in [4.69, 9.17) is 14.2 Å². The van der Waals surface area contributed by atoms with Crippen molar-refractivity contribution in [1.82, 2.24) is 5.32 Å². The number of ether oxygens (including phenoxy) is 3. The van der Waals surface area contributed by atoms with Crippen LogP contribution < -0.4 is 10.1 Å². The summed E-state index contributed by atoms with van der Waals surface area (Å²) in [7, 11) is 1.20. The molecule has 0 aliphatic rings. The van der Waals surface area contributed by atoms with E-state index in [9.17, 15) is 14.7 Å². The number of methoxy groups -OCH3 is 1. The summed E-state index contributed by atoms with van der Waals surface area (Å²) in [6, 6.07) is 4.74. The summed E-state index contributed by atoms with van der Waals surface area (Å²) in [5, 5.41) is 12.4. The fourth-order valence-electron chi connectivity index (χ4n) is 1.96. The first-order valence-electron chi connectivity index (χ1n) is 8.42. The van der Waals surface area contributed by atoms with Gasteiger partial charge in [-0.25, -0.2) is 9.59 Å². The molecule has 0 atom stereocenters. The summed E-state index contributed by atoms with van der Waals surface area (Å²) in [6.45, 7) is 7.58. The molecule has 0 radical (unpaired) electrons. The Morgan fingerprint density at radius 1 is 1.27 bits per heavy atom. The van der Waals surface area contributed by atoms with Gasteiger partial charge in [-0.1, -0.05) is 25.5 Å². The van der Waals surface area contributed by atoms with Crippen molar-refractivity contribution in [2.75, 3.05) is 13.7 Å². The SMILES string of the molecule is CCCCOc1c(O)cccc1/C=C(\NC(=O)OC(C)(C)C)C(=O)OC. The maximum atomic E-state index is 12.0. The van der Waals surface area contributed by atoms with Gasteiger partial charge in [0.2, 0.25) is 0 Å². The van der Waals surface area contributed by atoms with Crippen LogP contribution in [0.5, 0.6) is 11.5 Å². The first-order chi connectivity index (χ1) is 12.2. The molecule has 26 heavy (non-hydrogen) atoms. The summed E-state index contributed by atoms with van der Waals surface area (Å²) >= 11 is 0. The Morgan fingerprint density at radius 3 is 2.54 bits per heavy atom. The molecule has 0 bridgehead atoms. The molecule has 0 unspecified atom stereocenters. The van der Waals surface area contributed by atoms with Crippen LogP contribution in [-0.4, -0.2) is 36.5 Å². The van der Waals surface area contributed by atoms with Crippen molar-refractivity contribution >= 4 is 18.1 Å². The molecule has 0 saturated heterocycles. The molecular formula is C19H27NO6. The highest BCUT2D eigenvalue weighted by molar-refractivity contribution is 5.97. The van der Waals surface area contributed by atoms with E-state index in [1.807, 2.05) is 6.92 Å². The van der Waals surface area contributed by atoms with Crippen molar-refractivity contribution in [1.29, 1.82) is 0 Å². The molecule has 7 heteroatoms. The molecule has 1 rings (SSSR count). The van der Waals surface area contributed by atoms with Crippen LogP contribution in [0.2, 0.25) is 0 Å². The average Bonchev–Trinajstić information content (AvgIpc) is 2.54. The fraction of sp³-hybridized carbons (Fsp3) is 0.474. The van der Waals surface area contributed by atoms with E-state index < -0.39 is 17.7 Å². The second kappa shape index (κ2) is 9.70. The van der Waals surface area contributed by atoms with Crippen LogP contribution in [0.4, 0.5) is 4.79 Å². The number of amides is 1. The zero-order valence-electron chi connectivity index (χ0n) is 15.9. The van der Waals surface area contributed by atoms with Crippen molar-refractivity contribution in [2.24, 2.45) is 0 Å². The second-order valence-corrected chi connectivity index (χ2v) is 6.57. The molecule has 7 nitrogen and oxygen atoms in total. The van der Waals surface area contributed by atoms with Crippen molar-refractivity contribution in [3.8, 4) is 11.5 Å². The normalized spacial score (nSPS) is 11.7. The van der Waals surface area contributed by atoms with Crippen LogP contribution in [-0.2, 0) is 14.3 Å². The van der Waals surface area contributed by atoms with Gasteiger partial charge in [-0.3, -0.25) is 5.32 Å². The maximum absolute atomic E-state index is 12.0. The van der Waals surface area contributed by atoms with Crippen molar-refractivity contribution in [3.05, 3.63) is 29.5 Å². The van der Waals surface area contributed by atoms with E-state index in [2.05, 4.69) is 5.32 Å². The summed E-state index contributed by atoms with van der Waals surface area (Å²) in [5.41, 5.74) is -0.421. The molecule has 144 valence electrons. The molecule has 1 aromatic carbocycles. The third kappa shape index (κ3) is 7.04. The fourth-order valence-corrected chi connectivity index (χ4v) is 1.96. The number of unbranched alkanes of at least 4 members (excludes halogenated alkanes) is 1. The molecule has 1 aromatic rings. The lowest BCUT2D eigenvalue weighted by atomic mass is 10.1. The molecule has 0 fully saturated rings. The molecule has 0 spiro atoms. The number of hydrogen-bond donors (Lipinski definition) is 2. The number of phenols is 1. The number of benzene rings is 1. The van der Waals surface area contributed by atoms with Crippen molar-refractivity contribution in [3.63, 3.8) is 0 Å². The number of esters is 1. The largest absolute Gasteiger partial charge is 0.504 e. The first kappa shape index (κ1) is 21.3. The summed E-state index contributed by atoms with van der Waals surface area (Å²) in [5.74, 6) is -0.580. The topological polar surface area (TPSA) is 94.1 Å². The molecule has 0 saturated carbocycles. The van der Waals surface area contributed by atoms with Crippen LogP contribution in [0.15, 0.2) is 23.9 Å². The maximum Gasteiger partial charge on any atom is 0.412 e. The number of carbonyl (C=O) groups is 2. The van der Waals surface area contributed by atoms with Gasteiger partial charge < -0.3 is 19.3 Å². The number of carbonyl (C=O) groups excluding carboxylic acids is 2. The minimum atomic E-state index is -0.789. The van der Waals surface area contributed by atoms with Crippen LogP contribution in [0.25, 0.3) is 6.08 Å². The number of alkyl carbamates (subject to hydrolysis) is 1. The summed E-state index contributed by atoms with van der Waals surface area (Å²) < 4.78 is 15.5. The van der Waals surface area contributed by atoms with E-state index in [0.717, 1.165) is 12.8 Å². The van der Waals surface area contributed by atoms with E-state index in [0.29, 0.717) is 12.2 Å². The number of phenolic OH excluding ortho intramolecular Hbond substituents is 1. The van der Waals surface area contributed by atoms with Crippen LogP contribution in [0.3, 0.4) is 0 Å². The monoisotopic (exact) mass is 365 g/mol. The van der Waals surface area contributed by atoms with E-state index in [1.165, 1.54) is 19.3 Å².